The summed E-state index contributed by atoms with van der Waals surface area (Å²) in [6.45, 7) is 2.04. The van der Waals surface area contributed by atoms with Crippen LogP contribution in [0.3, 0.4) is 0 Å². The van der Waals surface area contributed by atoms with Gasteiger partial charge in [0.2, 0.25) is 0 Å². The van der Waals surface area contributed by atoms with Crippen molar-refractivity contribution in [2.75, 3.05) is 0 Å². The molecule has 0 fully saturated rings. The fourth-order valence-corrected chi connectivity index (χ4v) is 1.72. The van der Waals surface area contributed by atoms with E-state index in [0.717, 1.165) is 6.42 Å². The average Bonchev–Trinajstić information content (AvgIpc) is 2.23. The zero-order valence-corrected chi connectivity index (χ0v) is 8.27. The second kappa shape index (κ2) is 3.70. The van der Waals surface area contributed by atoms with Gasteiger partial charge in [0, 0.05) is 5.92 Å². The highest BCUT2D eigenvalue weighted by molar-refractivity contribution is 5.68. The molecule has 0 saturated carbocycles. The molecule has 1 unspecified atom stereocenters. The van der Waals surface area contributed by atoms with Gasteiger partial charge in [-0.05, 0) is 23.6 Å². The van der Waals surface area contributed by atoms with E-state index < -0.39 is 0 Å². The van der Waals surface area contributed by atoms with Crippen LogP contribution in [0.15, 0.2) is 48.2 Å². The second-order valence-corrected chi connectivity index (χ2v) is 3.75. The van der Waals surface area contributed by atoms with Gasteiger partial charge < -0.3 is 5.11 Å². The van der Waals surface area contributed by atoms with Crippen LogP contribution in [0, 0.1) is 5.92 Å². The van der Waals surface area contributed by atoms with Crippen LogP contribution in [-0.4, -0.2) is 5.11 Å². The Balaban J connectivity index is 2.30. The predicted molar refractivity (Wildman–Crippen MR) is 58.9 cm³/mol. The Kier molecular flexibility index (Phi) is 2.40. The van der Waals surface area contributed by atoms with Crippen molar-refractivity contribution in [1.82, 2.24) is 0 Å². The molecule has 1 N–H and O–H groups in total. The Labute approximate surface area is 84.4 Å². The van der Waals surface area contributed by atoms with E-state index in [0.29, 0.717) is 5.76 Å². The third-order valence-corrected chi connectivity index (χ3v) is 2.63. The number of aliphatic hydroxyl groups is 1. The second-order valence-electron chi connectivity index (χ2n) is 3.75. The van der Waals surface area contributed by atoms with Crippen molar-refractivity contribution in [2.24, 2.45) is 5.92 Å². The number of allylic oxidation sites excluding steroid dienone is 4. The minimum Gasteiger partial charge on any atom is -0.512 e. The van der Waals surface area contributed by atoms with Crippen molar-refractivity contribution in [3.8, 4) is 0 Å². The summed E-state index contributed by atoms with van der Waals surface area (Å²) < 4.78 is 0. The van der Waals surface area contributed by atoms with Crippen LogP contribution < -0.4 is 0 Å². The largest absolute Gasteiger partial charge is 0.512 e. The van der Waals surface area contributed by atoms with E-state index in [4.69, 9.17) is 0 Å². The Bertz CT molecular complexity index is 373. The Morgan fingerprint density at radius 1 is 1.14 bits per heavy atom. The molecule has 0 saturated heterocycles. The van der Waals surface area contributed by atoms with Crippen LogP contribution >= 0.6 is 0 Å². The molecule has 0 aliphatic heterocycles. The predicted octanol–water partition coefficient (Wildman–Crippen LogP) is 3.55. The number of benzene rings is 1. The topological polar surface area (TPSA) is 20.2 Å². The molecule has 0 aromatic heterocycles. The van der Waals surface area contributed by atoms with Gasteiger partial charge in [-0.15, -0.1) is 0 Å². The molecule has 1 aliphatic rings. The van der Waals surface area contributed by atoms with Gasteiger partial charge in [0.15, 0.2) is 0 Å². The van der Waals surface area contributed by atoms with Gasteiger partial charge in [0.1, 0.15) is 0 Å². The fraction of sp³-hybridized carbons (Fsp3) is 0.231. The maximum Gasteiger partial charge on any atom is 0.0954 e. The molecule has 0 amide bonds. The molecule has 1 aliphatic carbocycles. The molecule has 14 heavy (non-hydrogen) atoms. The van der Waals surface area contributed by atoms with Gasteiger partial charge in [0.25, 0.3) is 0 Å². The minimum absolute atomic E-state index is 0.246. The van der Waals surface area contributed by atoms with E-state index in [2.05, 4.69) is 12.1 Å². The maximum atomic E-state index is 9.46. The molecular formula is C13H14O. The van der Waals surface area contributed by atoms with Gasteiger partial charge >= 0.3 is 0 Å². The van der Waals surface area contributed by atoms with Gasteiger partial charge in [-0.1, -0.05) is 43.3 Å². The zero-order valence-electron chi connectivity index (χ0n) is 8.27. The van der Waals surface area contributed by atoms with Crippen molar-refractivity contribution >= 4 is 5.57 Å². The van der Waals surface area contributed by atoms with Gasteiger partial charge in [-0.25, -0.2) is 0 Å². The Morgan fingerprint density at radius 3 is 2.50 bits per heavy atom. The molecule has 1 aromatic rings. The number of hydrogen-bond donors (Lipinski definition) is 1. The highest BCUT2D eigenvalue weighted by Crippen LogP contribution is 2.29. The Hall–Kier alpha value is -1.50. The number of aliphatic hydroxyl groups excluding tert-OH is 1. The van der Waals surface area contributed by atoms with Crippen molar-refractivity contribution in [3.63, 3.8) is 0 Å². The van der Waals surface area contributed by atoms with Crippen LogP contribution in [0.25, 0.3) is 5.57 Å². The summed E-state index contributed by atoms with van der Waals surface area (Å²) in [6, 6.07) is 10.3. The average molecular weight is 186 g/mol. The monoisotopic (exact) mass is 186 g/mol. The third-order valence-electron chi connectivity index (χ3n) is 2.63. The van der Waals surface area contributed by atoms with E-state index in [1.165, 1.54) is 11.1 Å². The molecule has 2 rings (SSSR count). The Morgan fingerprint density at radius 2 is 1.86 bits per heavy atom. The van der Waals surface area contributed by atoms with E-state index in [9.17, 15) is 5.11 Å². The number of hydrogen-bond acceptors (Lipinski definition) is 1. The van der Waals surface area contributed by atoms with Crippen molar-refractivity contribution in [1.29, 1.82) is 0 Å². The third kappa shape index (κ3) is 1.72. The quantitative estimate of drug-likeness (QED) is 0.711. The van der Waals surface area contributed by atoms with Crippen LogP contribution in [0.5, 0.6) is 0 Å². The highest BCUT2D eigenvalue weighted by atomic mass is 16.3. The van der Waals surface area contributed by atoms with E-state index in [-0.39, 0.29) is 5.92 Å². The van der Waals surface area contributed by atoms with Crippen molar-refractivity contribution < 1.29 is 5.11 Å². The lowest BCUT2D eigenvalue weighted by Crippen LogP contribution is -2.04. The first kappa shape index (κ1) is 9.07. The smallest absolute Gasteiger partial charge is 0.0954 e. The summed E-state index contributed by atoms with van der Waals surface area (Å²) in [7, 11) is 0. The van der Waals surface area contributed by atoms with E-state index >= 15 is 0 Å². The lowest BCUT2D eigenvalue weighted by atomic mass is 9.90. The van der Waals surface area contributed by atoms with Crippen molar-refractivity contribution in [3.05, 3.63) is 53.8 Å². The van der Waals surface area contributed by atoms with Crippen molar-refractivity contribution in [2.45, 2.75) is 13.3 Å². The fourth-order valence-electron chi connectivity index (χ4n) is 1.72. The van der Waals surface area contributed by atoms with E-state index in [1.54, 1.807) is 6.08 Å². The normalized spacial score (nSPS) is 21.4. The summed E-state index contributed by atoms with van der Waals surface area (Å²) in [5.41, 5.74) is 2.55. The van der Waals surface area contributed by atoms with Crippen LogP contribution in [0.4, 0.5) is 0 Å². The van der Waals surface area contributed by atoms with Crippen LogP contribution in [-0.2, 0) is 0 Å². The lowest BCUT2D eigenvalue weighted by molar-refractivity contribution is 0.341. The molecule has 0 radical (unpaired) electrons. The summed E-state index contributed by atoms with van der Waals surface area (Å²) in [5, 5.41) is 9.46. The van der Waals surface area contributed by atoms with E-state index in [1.807, 2.05) is 31.2 Å². The van der Waals surface area contributed by atoms with Gasteiger partial charge in [-0.2, -0.15) is 0 Å². The van der Waals surface area contributed by atoms with Gasteiger partial charge in [-0.3, -0.25) is 0 Å². The number of rotatable bonds is 1. The summed E-state index contributed by atoms with van der Waals surface area (Å²) in [5.74, 6) is 0.736. The maximum absolute atomic E-state index is 9.46. The molecule has 1 heteroatoms. The summed E-state index contributed by atoms with van der Waals surface area (Å²) in [4.78, 5) is 0. The molecule has 1 aromatic carbocycles. The molecule has 1 atom stereocenters. The molecular weight excluding hydrogens is 172 g/mol. The SMILES string of the molecule is CC1CC(c2ccccc2)=CC=C1O. The zero-order chi connectivity index (χ0) is 9.97. The molecule has 72 valence electrons. The first-order valence-electron chi connectivity index (χ1n) is 4.92. The summed E-state index contributed by atoms with van der Waals surface area (Å²) in [6.07, 6.45) is 4.73. The molecule has 0 spiro atoms. The molecule has 0 heterocycles. The molecule has 1 nitrogen and oxygen atoms in total. The lowest BCUT2D eigenvalue weighted by Gasteiger charge is -2.17. The minimum atomic E-state index is 0.246. The standard InChI is InChI=1S/C13H14O/c1-10-9-12(7-8-13(10)14)11-5-3-2-4-6-11/h2-8,10,14H,9H2,1H3. The van der Waals surface area contributed by atoms with Gasteiger partial charge in [0.05, 0.1) is 5.76 Å². The molecule has 0 bridgehead atoms. The first-order chi connectivity index (χ1) is 6.77. The van der Waals surface area contributed by atoms with Crippen LogP contribution in [0.1, 0.15) is 18.9 Å². The van der Waals surface area contributed by atoms with Crippen LogP contribution in [0.2, 0.25) is 0 Å². The summed E-state index contributed by atoms with van der Waals surface area (Å²) >= 11 is 0. The highest BCUT2D eigenvalue weighted by Gasteiger charge is 2.14. The first-order valence-corrected chi connectivity index (χ1v) is 4.92.